The van der Waals surface area contributed by atoms with E-state index in [4.69, 9.17) is 0 Å². The molecule has 82 valence electrons. The number of nitrogens with one attached hydrogen (secondary N) is 1. The van der Waals surface area contributed by atoms with Crippen LogP contribution in [-0.4, -0.2) is 14.4 Å². The average Bonchev–Trinajstić information content (AvgIpc) is 2.84. The van der Waals surface area contributed by atoms with Crippen molar-refractivity contribution >= 4 is 50.3 Å². The highest BCUT2D eigenvalue weighted by atomic mass is 127. The summed E-state index contributed by atoms with van der Waals surface area (Å²) in [5, 5.41) is 1.18. The zero-order valence-corrected chi connectivity index (χ0v) is 11.0. The van der Waals surface area contributed by atoms with Crippen LogP contribution in [0.5, 0.6) is 0 Å². The molecule has 0 aliphatic rings. The molecule has 0 radical (unpaired) electrons. The van der Waals surface area contributed by atoms with Gasteiger partial charge in [0.05, 0.1) is 5.52 Å². The van der Waals surface area contributed by atoms with Crippen LogP contribution in [-0.2, 0) is 0 Å². The fourth-order valence-corrected chi connectivity index (χ4v) is 2.75. The first-order chi connectivity index (χ1) is 8.33. The van der Waals surface area contributed by atoms with E-state index >= 15 is 0 Å². The molecule has 0 spiro atoms. The summed E-state index contributed by atoms with van der Waals surface area (Å²) in [6.07, 6.45) is 2.03. The summed E-state index contributed by atoms with van der Waals surface area (Å²) in [7, 11) is 0. The van der Waals surface area contributed by atoms with E-state index in [1.165, 1.54) is 8.96 Å². The Kier molecular flexibility index (Phi) is 1.80. The predicted octanol–water partition coefficient (Wildman–Crippen LogP) is 3.57. The van der Waals surface area contributed by atoms with E-state index in [9.17, 15) is 0 Å². The number of rotatable bonds is 0. The van der Waals surface area contributed by atoms with Crippen LogP contribution < -0.4 is 0 Å². The van der Waals surface area contributed by atoms with Crippen LogP contribution in [0.4, 0.5) is 0 Å². The number of aromatic nitrogens is 3. The highest BCUT2D eigenvalue weighted by Gasteiger charge is 2.10. The van der Waals surface area contributed by atoms with Crippen LogP contribution in [0.15, 0.2) is 42.6 Å². The summed E-state index contributed by atoms with van der Waals surface area (Å²) in [6, 6.07) is 12.4. The van der Waals surface area contributed by atoms with Crippen molar-refractivity contribution < 1.29 is 0 Å². The van der Waals surface area contributed by atoms with Crippen LogP contribution in [0.2, 0.25) is 0 Å². The molecule has 0 aliphatic heterocycles. The molecule has 0 saturated heterocycles. The number of imidazole rings is 1. The minimum Gasteiger partial charge on any atom is -0.339 e. The lowest BCUT2D eigenvalue weighted by Crippen LogP contribution is -1.82. The number of fused-ring (bicyclic) bond motifs is 5. The van der Waals surface area contributed by atoms with Crippen LogP contribution in [0, 0.1) is 3.57 Å². The molecular formula is C13H8IN3. The molecule has 3 aromatic heterocycles. The maximum absolute atomic E-state index is 4.66. The van der Waals surface area contributed by atoms with Crippen molar-refractivity contribution in [1.29, 1.82) is 0 Å². The Balaban J connectivity index is 2.29. The molecule has 1 N–H and O–H groups in total. The van der Waals surface area contributed by atoms with Crippen molar-refractivity contribution in [2.75, 3.05) is 0 Å². The smallest absolute Gasteiger partial charge is 0.143 e. The van der Waals surface area contributed by atoms with Crippen molar-refractivity contribution in [3.8, 4) is 0 Å². The molecule has 0 saturated carbocycles. The third kappa shape index (κ3) is 1.24. The van der Waals surface area contributed by atoms with Crippen molar-refractivity contribution in [2.24, 2.45) is 0 Å². The van der Waals surface area contributed by atoms with E-state index in [0.717, 1.165) is 22.3 Å². The predicted molar refractivity (Wildman–Crippen MR) is 77.3 cm³/mol. The SMILES string of the molecule is Ic1ccc2c(c1)[nH]c1c2nc2ccccn21. The molecule has 4 aromatic rings. The number of hydrogen-bond donors (Lipinski definition) is 1. The lowest BCUT2D eigenvalue weighted by Gasteiger charge is -1.93. The largest absolute Gasteiger partial charge is 0.339 e. The molecule has 0 aliphatic carbocycles. The average molecular weight is 333 g/mol. The van der Waals surface area contributed by atoms with Gasteiger partial charge >= 0.3 is 0 Å². The number of hydrogen-bond acceptors (Lipinski definition) is 1. The van der Waals surface area contributed by atoms with Gasteiger partial charge in [-0.15, -0.1) is 0 Å². The van der Waals surface area contributed by atoms with E-state index in [-0.39, 0.29) is 0 Å². The minimum absolute atomic E-state index is 0.981. The monoisotopic (exact) mass is 333 g/mol. The molecule has 0 bridgehead atoms. The van der Waals surface area contributed by atoms with E-state index in [0.29, 0.717) is 0 Å². The van der Waals surface area contributed by atoms with Gasteiger partial charge in [-0.3, -0.25) is 4.40 Å². The van der Waals surface area contributed by atoms with Gasteiger partial charge < -0.3 is 4.98 Å². The fraction of sp³-hybridized carbons (Fsp3) is 0. The fourth-order valence-electron chi connectivity index (χ4n) is 2.26. The Morgan fingerprint density at radius 3 is 3.06 bits per heavy atom. The van der Waals surface area contributed by atoms with E-state index in [1.807, 2.05) is 24.4 Å². The van der Waals surface area contributed by atoms with Crippen molar-refractivity contribution in [1.82, 2.24) is 14.4 Å². The highest BCUT2D eigenvalue weighted by molar-refractivity contribution is 14.1. The first kappa shape index (κ1) is 9.47. The lowest BCUT2D eigenvalue weighted by atomic mass is 10.2. The van der Waals surface area contributed by atoms with Gasteiger partial charge in [0.15, 0.2) is 0 Å². The van der Waals surface area contributed by atoms with Crippen LogP contribution in [0.3, 0.4) is 0 Å². The molecule has 0 fully saturated rings. The third-order valence-corrected chi connectivity index (χ3v) is 3.69. The third-order valence-electron chi connectivity index (χ3n) is 3.02. The summed E-state index contributed by atoms with van der Waals surface area (Å²) in [5.74, 6) is 0. The Morgan fingerprint density at radius 2 is 2.12 bits per heavy atom. The molecule has 4 heteroatoms. The van der Waals surface area contributed by atoms with Crippen molar-refractivity contribution in [3.05, 3.63) is 46.2 Å². The summed E-state index contributed by atoms with van der Waals surface area (Å²) in [4.78, 5) is 8.10. The minimum atomic E-state index is 0.981. The normalized spacial score (nSPS) is 11.8. The topological polar surface area (TPSA) is 33.1 Å². The molecule has 0 atom stereocenters. The van der Waals surface area contributed by atoms with Gasteiger partial charge in [0.2, 0.25) is 0 Å². The molecule has 3 nitrogen and oxygen atoms in total. The van der Waals surface area contributed by atoms with Gasteiger partial charge in [-0.1, -0.05) is 6.07 Å². The zero-order chi connectivity index (χ0) is 11.4. The van der Waals surface area contributed by atoms with Gasteiger partial charge in [-0.25, -0.2) is 4.98 Å². The van der Waals surface area contributed by atoms with Gasteiger partial charge in [0.25, 0.3) is 0 Å². The van der Waals surface area contributed by atoms with Gasteiger partial charge in [0.1, 0.15) is 16.8 Å². The Morgan fingerprint density at radius 1 is 1.18 bits per heavy atom. The second kappa shape index (κ2) is 3.22. The number of halogens is 1. The maximum atomic E-state index is 4.66. The number of H-pyrrole nitrogens is 1. The number of benzene rings is 1. The standard InChI is InChI=1S/C13H8IN3/c14-8-4-5-9-10(7-8)15-13-12(9)16-11-3-1-2-6-17(11)13/h1-7,15H. The second-order valence-corrected chi connectivity index (χ2v) is 5.30. The van der Waals surface area contributed by atoms with Crippen LogP contribution in [0.25, 0.3) is 27.7 Å². The number of aromatic amines is 1. The maximum Gasteiger partial charge on any atom is 0.143 e. The summed E-state index contributed by atoms with van der Waals surface area (Å²) in [5.41, 5.74) is 4.24. The summed E-state index contributed by atoms with van der Waals surface area (Å²) >= 11 is 2.32. The molecular weight excluding hydrogens is 325 g/mol. The first-order valence-electron chi connectivity index (χ1n) is 5.37. The van der Waals surface area contributed by atoms with Crippen LogP contribution in [0.1, 0.15) is 0 Å². The molecule has 1 aromatic carbocycles. The van der Waals surface area contributed by atoms with Gasteiger partial charge in [-0.2, -0.15) is 0 Å². The first-order valence-corrected chi connectivity index (χ1v) is 6.45. The van der Waals surface area contributed by atoms with Gasteiger partial charge in [0, 0.05) is 15.2 Å². The summed E-state index contributed by atoms with van der Waals surface area (Å²) in [6.45, 7) is 0. The quantitative estimate of drug-likeness (QED) is 0.490. The molecule has 0 unspecified atom stereocenters. The number of pyridine rings is 1. The highest BCUT2D eigenvalue weighted by Crippen LogP contribution is 2.26. The molecule has 17 heavy (non-hydrogen) atoms. The van der Waals surface area contributed by atoms with Crippen LogP contribution >= 0.6 is 22.6 Å². The van der Waals surface area contributed by atoms with E-state index in [1.54, 1.807) is 0 Å². The van der Waals surface area contributed by atoms with Crippen molar-refractivity contribution in [2.45, 2.75) is 0 Å². The second-order valence-electron chi connectivity index (χ2n) is 4.05. The van der Waals surface area contributed by atoms with E-state index < -0.39 is 0 Å². The van der Waals surface area contributed by atoms with Crippen molar-refractivity contribution in [3.63, 3.8) is 0 Å². The number of nitrogens with zero attached hydrogens (tertiary/aromatic N) is 2. The molecule has 3 heterocycles. The summed E-state index contributed by atoms with van der Waals surface area (Å²) < 4.78 is 3.32. The molecule has 4 rings (SSSR count). The molecule has 0 amide bonds. The lowest BCUT2D eigenvalue weighted by molar-refractivity contribution is 1.20. The Bertz CT molecular complexity index is 857. The van der Waals surface area contributed by atoms with E-state index in [2.05, 4.69) is 55.2 Å². The Labute approximate surface area is 111 Å². The Hall–Kier alpha value is -1.56. The zero-order valence-electron chi connectivity index (χ0n) is 8.81. The van der Waals surface area contributed by atoms with Gasteiger partial charge in [-0.05, 0) is 52.9 Å².